The number of nitrogens with one attached hydrogen (secondary N) is 1. The second kappa shape index (κ2) is 5.08. The quantitative estimate of drug-likeness (QED) is 0.856. The van der Waals surface area contributed by atoms with Gasteiger partial charge < -0.3 is 5.32 Å². The Morgan fingerprint density at radius 3 is 2.57 bits per heavy atom. The Morgan fingerprint density at radius 1 is 1.29 bits per heavy atom. The first-order valence-corrected chi connectivity index (χ1v) is 8.34. The molecule has 0 saturated heterocycles. The first-order valence-electron chi connectivity index (χ1n) is 8.34. The van der Waals surface area contributed by atoms with E-state index in [0.717, 1.165) is 17.9 Å². The maximum absolute atomic E-state index is 13.8. The van der Waals surface area contributed by atoms with Crippen LogP contribution in [0.3, 0.4) is 0 Å². The van der Waals surface area contributed by atoms with Crippen molar-refractivity contribution in [3.63, 3.8) is 0 Å². The summed E-state index contributed by atoms with van der Waals surface area (Å²) in [7, 11) is 0. The van der Waals surface area contributed by atoms with Crippen LogP contribution in [0.25, 0.3) is 0 Å². The SMILES string of the molecule is CC(Cc1ccccc1F)NC1CC2CCC1(C)C2(C)C. The lowest BCUT2D eigenvalue weighted by Crippen LogP contribution is -2.48. The number of rotatable bonds is 4. The molecule has 1 aromatic rings. The lowest BCUT2D eigenvalue weighted by molar-refractivity contribution is 0.116. The van der Waals surface area contributed by atoms with Gasteiger partial charge in [-0.25, -0.2) is 4.39 Å². The first kappa shape index (κ1) is 15.0. The van der Waals surface area contributed by atoms with Gasteiger partial charge in [-0.2, -0.15) is 0 Å². The molecular formula is C19H28FN. The molecule has 2 heteroatoms. The summed E-state index contributed by atoms with van der Waals surface area (Å²) in [5.41, 5.74) is 1.65. The standard InChI is InChI=1S/C19H28FN/c1-13(11-14-7-5-6-8-16(14)20)21-17-12-15-9-10-19(17,4)18(15,2)3/h5-8,13,15,17,21H,9-12H2,1-4H3. The zero-order chi connectivity index (χ0) is 15.3. The molecule has 4 atom stereocenters. The van der Waals surface area contributed by atoms with E-state index in [-0.39, 0.29) is 5.82 Å². The highest BCUT2D eigenvalue weighted by Crippen LogP contribution is 2.65. The molecule has 21 heavy (non-hydrogen) atoms. The highest BCUT2D eigenvalue weighted by atomic mass is 19.1. The van der Waals surface area contributed by atoms with Gasteiger partial charge in [0, 0.05) is 12.1 Å². The molecule has 2 fully saturated rings. The summed E-state index contributed by atoms with van der Waals surface area (Å²) in [6, 6.07) is 8.04. The largest absolute Gasteiger partial charge is 0.311 e. The van der Waals surface area contributed by atoms with Crippen molar-refractivity contribution in [2.75, 3.05) is 0 Å². The van der Waals surface area contributed by atoms with Crippen molar-refractivity contribution >= 4 is 0 Å². The Morgan fingerprint density at radius 2 is 2.00 bits per heavy atom. The van der Waals surface area contributed by atoms with E-state index in [2.05, 4.69) is 33.0 Å². The Bertz CT molecular complexity index is 524. The third-order valence-electron chi connectivity index (χ3n) is 6.76. The minimum atomic E-state index is -0.0781. The van der Waals surface area contributed by atoms with Crippen molar-refractivity contribution in [2.24, 2.45) is 16.7 Å². The van der Waals surface area contributed by atoms with E-state index in [0.29, 0.717) is 22.9 Å². The third-order valence-corrected chi connectivity index (χ3v) is 6.76. The van der Waals surface area contributed by atoms with Crippen molar-refractivity contribution in [1.82, 2.24) is 5.32 Å². The zero-order valence-electron chi connectivity index (χ0n) is 13.7. The zero-order valence-corrected chi connectivity index (χ0v) is 13.7. The van der Waals surface area contributed by atoms with Crippen LogP contribution in [0.5, 0.6) is 0 Å². The topological polar surface area (TPSA) is 12.0 Å². The Labute approximate surface area is 128 Å². The lowest BCUT2D eigenvalue weighted by atomic mass is 9.69. The molecule has 1 nitrogen and oxygen atoms in total. The fourth-order valence-corrected chi connectivity index (χ4v) is 4.85. The molecule has 1 N–H and O–H groups in total. The number of fused-ring (bicyclic) bond motifs is 2. The van der Waals surface area contributed by atoms with Gasteiger partial charge in [-0.15, -0.1) is 0 Å². The molecule has 116 valence electrons. The molecular weight excluding hydrogens is 261 g/mol. The molecule has 0 aliphatic heterocycles. The Balaban J connectivity index is 1.67. The first-order chi connectivity index (χ1) is 9.84. The van der Waals surface area contributed by atoms with Crippen LogP contribution in [0.15, 0.2) is 24.3 Å². The highest BCUT2D eigenvalue weighted by Gasteiger charge is 2.61. The monoisotopic (exact) mass is 289 g/mol. The van der Waals surface area contributed by atoms with Gasteiger partial charge in [0.2, 0.25) is 0 Å². The fourth-order valence-electron chi connectivity index (χ4n) is 4.85. The van der Waals surface area contributed by atoms with Gasteiger partial charge in [0.15, 0.2) is 0 Å². The van der Waals surface area contributed by atoms with Crippen LogP contribution >= 0.6 is 0 Å². The highest BCUT2D eigenvalue weighted by molar-refractivity contribution is 5.19. The van der Waals surface area contributed by atoms with Gasteiger partial charge in [-0.05, 0) is 61.0 Å². The summed E-state index contributed by atoms with van der Waals surface area (Å²) in [5, 5.41) is 3.82. The Hall–Kier alpha value is -0.890. The predicted molar refractivity (Wildman–Crippen MR) is 85.7 cm³/mol. The smallest absolute Gasteiger partial charge is 0.126 e. The number of halogens is 1. The van der Waals surface area contributed by atoms with E-state index in [1.54, 1.807) is 12.1 Å². The van der Waals surface area contributed by atoms with E-state index in [1.807, 2.05) is 12.1 Å². The summed E-state index contributed by atoms with van der Waals surface area (Å²) in [6.07, 6.45) is 4.76. The summed E-state index contributed by atoms with van der Waals surface area (Å²) in [5.74, 6) is 0.770. The van der Waals surface area contributed by atoms with Gasteiger partial charge in [0.25, 0.3) is 0 Å². The van der Waals surface area contributed by atoms with E-state index < -0.39 is 0 Å². The van der Waals surface area contributed by atoms with Gasteiger partial charge in [0.1, 0.15) is 5.82 Å². The second-order valence-corrected chi connectivity index (χ2v) is 8.03. The third kappa shape index (κ3) is 2.32. The lowest BCUT2D eigenvalue weighted by Gasteiger charge is -2.40. The summed E-state index contributed by atoms with van der Waals surface area (Å²) < 4.78 is 13.8. The van der Waals surface area contributed by atoms with E-state index in [1.165, 1.54) is 19.3 Å². The van der Waals surface area contributed by atoms with Crippen LogP contribution in [0.2, 0.25) is 0 Å². The van der Waals surface area contributed by atoms with Gasteiger partial charge >= 0.3 is 0 Å². The van der Waals surface area contributed by atoms with Crippen LogP contribution < -0.4 is 5.32 Å². The maximum atomic E-state index is 13.8. The average Bonchev–Trinajstić information content (AvgIpc) is 2.74. The minimum Gasteiger partial charge on any atom is -0.311 e. The number of benzene rings is 1. The second-order valence-electron chi connectivity index (χ2n) is 8.03. The summed E-state index contributed by atoms with van der Waals surface area (Å²) in [6.45, 7) is 9.52. The van der Waals surface area contributed by atoms with E-state index >= 15 is 0 Å². The van der Waals surface area contributed by atoms with Crippen molar-refractivity contribution in [3.8, 4) is 0 Å². The van der Waals surface area contributed by atoms with Crippen molar-refractivity contribution in [2.45, 2.75) is 65.5 Å². The van der Waals surface area contributed by atoms with Crippen LogP contribution in [-0.4, -0.2) is 12.1 Å². The molecule has 0 heterocycles. The fraction of sp³-hybridized carbons (Fsp3) is 0.684. The predicted octanol–water partition coefficient (Wildman–Crippen LogP) is 4.56. The van der Waals surface area contributed by atoms with Crippen molar-refractivity contribution < 1.29 is 4.39 Å². The molecule has 0 spiro atoms. The normalized spacial score (nSPS) is 35.1. The van der Waals surface area contributed by atoms with Crippen LogP contribution in [0.4, 0.5) is 4.39 Å². The minimum absolute atomic E-state index is 0.0781. The van der Waals surface area contributed by atoms with Crippen LogP contribution in [0, 0.1) is 22.6 Å². The van der Waals surface area contributed by atoms with E-state index in [4.69, 9.17) is 0 Å². The van der Waals surface area contributed by atoms with E-state index in [9.17, 15) is 4.39 Å². The van der Waals surface area contributed by atoms with Crippen molar-refractivity contribution in [1.29, 1.82) is 0 Å². The van der Waals surface area contributed by atoms with Crippen molar-refractivity contribution in [3.05, 3.63) is 35.6 Å². The molecule has 3 rings (SSSR count). The number of hydrogen-bond acceptors (Lipinski definition) is 1. The molecule has 4 unspecified atom stereocenters. The average molecular weight is 289 g/mol. The molecule has 2 aliphatic rings. The molecule has 2 aliphatic carbocycles. The Kier molecular flexibility index (Phi) is 3.64. The van der Waals surface area contributed by atoms with Gasteiger partial charge in [0.05, 0.1) is 0 Å². The van der Waals surface area contributed by atoms with Crippen LogP contribution in [-0.2, 0) is 6.42 Å². The van der Waals surface area contributed by atoms with Gasteiger partial charge in [-0.1, -0.05) is 39.0 Å². The maximum Gasteiger partial charge on any atom is 0.126 e. The summed E-state index contributed by atoms with van der Waals surface area (Å²) >= 11 is 0. The number of hydrogen-bond donors (Lipinski definition) is 1. The molecule has 0 radical (unpaired) electrons. The molecule has 1 aromatic carbocycles. The molecule has 2 saturated carbocycles. The molecule has 2 bridgehead atoms. The molecule has 0 aromatic heterocycles. The molecule has 0 amide bonds. The van der Waals surface area contributed by atoms with Crippen LogP contribution in [0.1, 0.15) is 52.5 Å². The van der Waals surface area contributed by atoms with Gasteiger partial charge in [-0.3, -0.25) is 0 Å². The summed E-state index contributed by atoms with van der Waals surface area (Å²) in [4.78, 5) is 0.